The summed E-state index contributed by atoms with van der Waals surface area (Å²) in [5.41, 5.74) is 10.1. The first-order valence-electron chi connectivity index (χ1n) is 8.39. The van der Waals surface area contributed by atoms with Crippen LogP contribution in [0.3, 0.4) is 0 Å². The third-order valence-corrected chi connectivity index (χ3v) is 3.89. The van der Waals surface area contributed by atoms with Gasteiger partial charge in [-0.1, -0.05) is 36.4 Å². The summed E-state index contributed by atoms with van der Waals surface area (Å²) in [6.45, 7) is 3.57. The number of benzene rings is 2. The predicted molar refractivity (Wildman–Crippen MR) is 99.5 cm³/mol. The minimum absolute atomic E-state index is 0.466. The maximum absolute atomic E-state index is 5.87. The lowest BCUT2D eigenvalue weighted by molar-refractivity contribution is 0.294. The molecular weight excluding hydrogens is 312 g/mol. The number of nitrogens with zero attached hydrogens (tertiary/aromatic N) is 1. The molecule has 0 bridgehead atoms. The highest BCUT2D eigenvalue weighted by molar-refractivity contribution is 5.68. The summed E-state index contributed by atoms with van der Waals surface area (Å²) in [6, 6.07) is 19.9. The van der Waals surface area contributed by atoms with Gasteiger partial charge in [0, 0.05) is 24.4 Å². The minimum atomic E-state index is 0.466. The van der Waals surface area contributed by atoms with E-state index in [-0.39, 0.29) is 0 Å². The average Bonchev–Trinajstić information content (AvgIpc) is 2.68. The number of aromatic nitrogens is 1. The molecule has 0 saturated heterocycles. The van der Waals surface area contributed by atoms with Crippen molar-refractivity contribution in [1.29, 1.82) is 0 Å². The van der Waals surface area contributed by atoms with Crippen LogP contribution < -0.4 is 15.2 Å². The molecule has 4 nitrogen and oxygen atoms in total. The molecule has 0 amide bonds. The molecule has 2 aromatic carbocycles. The van der Waals surface area contributed by atoms with Crippen LogP contribution in [0.1, 0.15) is 18.1 Å². The summed E-state index contributed by atoms with van der Waals surface area (Å²) in [5.74, 6) is 1.43. The van der Waals surface area contributed by atoms with Gasteiger partial charge in [0.25, 0.3) is 0 Å². The number of pyridine rings is 1. The number of nitrogens with two attached hydrogens (primary N) is 1. The van der Waals surface area contributed by atoms with E-state index in [1.54, 1.807) is 0 Å². The molecule has 0 fully saturated rings. The van der Waals surface area contributed by atoms with Gasteiger partial charge in [-0.25, -0.2) is 4.98 Å². The maximum atomic E-state index is 5.87. The van der Waals surface area contributed by atoms with Crippen molar-refractivity contribution < 1.29 is 9.47 Å². The normalized spacial score (nSPS) is 10.5. The molecule has 4 heteroatoms. The molecule has 25 heavy (non-hydrogen) atoms. The van der Waals surface area contributed by atoms with Crippen LogP contribution in [-0.4, -0.2) is 11.6 Å². The van der Waals surface area contributed by atoms with E-state index in [0.29, 0.717) is 25.6 Å². The Morgan fingerprint density at radius 2 is 1.80 bits per heavy atom. The third kappa shape index (κ3) is 4.37. The fourth-order valence-electron chi connectivity index (χ4n) is 2.62. The molecule has 3 rings (SSSR count). The van der Waals surface area contributed by atoms with Crippen molar-refractivity contribution in [2.24, 2.45) is 5.73 Å². The molecule has 0 radical (unpaired) electrons. The predicted octanol–water partition coefficient (Wildman–Crippen LogP) is 4.19. The maximum Gasteiger partial charge on any atom is 0.213 e. The second-order valence-electron chi connectivity index (χ2n) is 5.62. The molecule has 0 aliphatic heterocycles. The van der Waals surface area contributed by atoms with Crippen LogP contribution in [0.5, 0.6) is 11.6 Å². The molecular formula is C21H22N2O2. The zero-order valence-electron chi connectivity index (χ0n) is 14.3. The highest BCUT2D eigenvalue weighted by Gasteiger charge is 2.07. The number of hydrogen-bond donors (Lipinski definition) is 1. The summed E-state index contributed by atoms with van der Waals surface area (Å²) >= 11 is 0. The zero-order valence-corrected chi connectivity index (χ0v) is 14.3. The monoisotopic (exact) mass is 334 g/mol. The largest absolute Gasteiger partial charge is 0.494 e. The number of rotatable bonds is 7. The van der Waals surface area contributed by atoms with Crippen molar-refractivity contribution in [3.05, 3.63) is 78.0 Å². The van der Waals surface area contributed by atoms with Gasteiger partial charge in [0.15, 0.2) is 0 Å². The lowest BCUT2D eigenvalue weighted by Crippen LogP contribution is -2.01. The molecule has 3 aromatic rings. The molecule has 2 N–H and O–H groups in total. The van der Waals surface area contributed by atoms with Crippen LogP contribution in [0.2, 0.25) is 0 Å². The SMILES string of the molecule is CCOc1ccc(CN)c(-c2ccc(OCc3ccccc3)nc2)c1. The van der Waals surface area contributed by atoms with Crippen LogP contribution in [0.15, 0.2) is 66.9 Å². The van der Waals surface area contributed by atoms with Gasteiger partial charge < -0.3 is 15.2 Å². The van der Waals surface area contributed by atoms with E-state index >= 15 is 0 Å². The van der Waals surface area contributed by atoms with Crippen LogP contribution in [0.4, 0.5) is 0 Å². The lowest BCUT2D eigenvalue weighted by atomic mass is 10.0. The van der Waals surface area contributed by atoms with Crippen molar-refractivity contribution in [3.63, 3.8) is 0 Å². The molecule has 0 aliphatic carbocycles. The van der Waals surface area contributed by atoms with Crippen molar-refractivity contribution in [2.45, 2.75) is 20.1 Å². The Kier molecular flexibility index (Phi) is 5.65. The van der Waals surface area contributed by atoms with Gasteiger partial charge in [0.1, 0.15) is 12.4 Å². The molecule has 1 aromatic heterocycles. The summed E-state index contributed by atoms with van der Waals surface area (Å²) in [7, 11) is 0. The first-order valence-corrected chi connectivity index (χ1v) is 8.39. The van der Waals surface area contributed by atoms with Gasteiger partial charge in [-0.3, -0.25) is 0 Å². The summed E-state index contributed by atoms with van der Waals surface area (Å²) in [5, 5.41) is 0. The van der Waals surface area contributed by atoms with E-state index in [2.05, 4.69) is 4.98 Å². The standard InChI is InChI=1S/C21H22N2O2/c1-2-24-19-10-8-17(13-22)20(12-19)18-9-11-21(23-14-18)25-15-16-6-4-3-5-7-16/h3-12,14H,2,13,15,22H2,1H3. The minimum Gasteiger partial charge on any atom is -0.494 e. The summed E-state index contributed by atoms with van der Waals surface area (Å²) in [4.78, 5) is 4.42. The van der Waals surface area contributed by atoms with Gasteiger partial charge in [-0.15, -0.1) is 0 Å². The Balaban J connectivity index is 1.76. The van der Waals surface area contributed by atoms with E-state index in [4.69, 9.17) is 15.2 Å². The molecule has 0 unspecified atom stereocenters. The first kappa shape index (κ1) is 17.0. The smallest absolute Gasteiger partial charge is 0.213 e. The van der Waals surface area contributed by atoms with Gasteiger partial charge >= 0.3 is 0 Å². The molecule has 0 spiro atoms. The van der Waals surface area contributed by atoms with E-state index in [9.17, 15) is 0 Å². The van der Waals surface area contributed by atoms with Crippen molar-refractivity contribution in [3.8, 4) is 22.8 Å². The highest BCUT2D eigenvalue weighted by atomic mass is 16.5. The van der Waals surface area contributed by atoms with Crippen LogP contribution >= 0.6 is 0 Å². The first-order chi connectivity index (χ1) is 12.3. The van der Waals surface area contributed by atoms with E-state index < -0.39 is 0 Å². The molecule has 128 valence electrons. The fourth-order valence-corrected chi connectivity index (χ4v) is 2.62. The van der Waals surface area contributed by atoms with Crippen molar-refractivity contribution >= 4 is 0 Å². The number of hydrogen-bond acceptors (Lipinski definition) is 4. The third-order valence-electron chi connectivity index (χ3n) is 3.89. The van der Waals surface area contributed by atoms with Crippen molar-refractivity contribution in [1.82, 2.24) is 4.98 Å². The quantitative estimate of drug-likeness (QED) is 0.704. The average molecular weight is 334 g/mol. The Morgan fingerprint density at radius 1 is 0.960 bits per heavy atom. The van der Waals surface area contributed by atoms with Gasteiger partial charge in [0.05, 0.1) is 6.61 Å². The Hall–Kier alpha value is -2.85. The molecule has 0 aliphatic rings. The summed E-state index contributed by atoms with van der Waals surface area (Å²) < 4.78 is 11.3. The highest BCUT2D eigenvalue weighted by Crippen LogP contribution is 2.28. The van der Waals surface area contributed by atoms with Crippen LogP contribution in [0.25, 0.3) is 11.1 Å². The second-order valence-corrected chi connectivity index (χ2v) is 5.62. The van der Waals surface area contributed by atoms with Crippen molar-refractivity contribution in [2.75, 3.05) is 6.61 Å². The van der Waals surface area contributed by atoms with Crippen LogP contribution in [0, 0.1) is 0 Å². The van der Waals surface area contributed by atoms with Gasteiger partial charge in [-0.2, -0.15) is 0 Å². The Bertz CT molecular complexity index is 802. The van der Waals surface area contributed by atoms with E-state index in [1.807, 2.05) is 73.8 Å². The van der Waals surface area contributed by atoms with Crippen LogP contribution in [-0.2, 0) is 13.2 Å². The Labute approximate surface area is 148 Å². The molecule has 0 atom stereocenters. The zero-order chi connectivity index (χ0) is 17.5. The summed E-state index contributed by atoms with van der Waals surface area (Å²) in [6.07, 6.45) is 1.81. The van der Waals surface area contributed by atoms with E-state index in [1.165, 1.54) is 0 Å². The Morgan fingerprint density at radius 3 is 2.48 bits per heavy atom. The number of ether oxygens (including phenoxy) is 2. The molecule has 0 saturated carbocycles. The van der Waals surface area contributed by atoms with Gasteiger partial charge in [-0.05, 0) is 41.8 Å². The topological polar surface area (TPSA) is 57.4 Å². The lowest BCUT2D eigenvalue weighted by Gasteiger charge is -2.12. The fraction of sp³-hybridized carbons (Fsp3) is 0.190. The van der Waals surface area contributed by atoms with E-state index in [0.717, 1.165) is 28.0 Å². The second kappa shape index (κ2) is 8.31. The van der Waals surface area contributed by atoms with Gasteiger partial charge in [0.2, 0.25) is 5.88 Å². The molecule has 1 heterocycles.